The summed E-state index contributed by atoms with van der Waals surface area (Å²) in [6, 6.07) is 0. The average molecular weight is 261 g/mol. The normalized spacial score (nSPS) is 11.8. The van der Waals surface area contributed by atoms with Crippen LogP contribution in [0.5, 0.6) is 0 Å². The molecule has 8 heavy (non-hydrogen) atoms. The quantitative estimate of drug-likeness (QED) is 0.695. The predicted octanol–water partition coefficient (Wildman–Crippen LogP) is -0.267. The summed E-state index contributed by atoms with van der Waals surface area (Å²) < 4.78 is 0. The van der Waals surface area contributed by atoms with Crippen molar-refractivity contribution in [2.75, 3.05) is 5.88 Å². The minimum atomic E-state index is -1.07. The molecule has 0 heterocycles. The van der Waals surface area contributed by atoms with E-state index < -0.39 is 11.3 Å². The summed E-state index contributed by atoms with van der Waals surface area (Å²) in [5, 5.41) is 7.02. The number of carboxylic acid groups (broad SMARTS) is 1. The maximum absolute atomic E-state index is 9.71. The summed E-state index contributed by atoms with van der Waals surface area (Å²) in [7, 11) is 0. The molecule has 0 aliphatic carbocycles. The van der Waals surface area contributed by atoms with Crippen LogP contribution in [0.25, 0.3) is 0 Å². The molecule has 1 atom stereocenters. The van der Waals surface area contributed by atoms with E-state index in [0.29, 0.717) is 0 Å². The Morgan fingerprint density at radius 2 is 2.12 bits per heavy atom. The molecule has 0 aromatic carbocycles. The van der Waals surface area contributed by atoms with Crippen molar-refractivity contribution in [3.8, 4) is 0 Å². The van der Waals surface area contributed by atoms with Gasteiger partial charge in [-0.25, -0.2) is 0 Å². The van der Waals surface area contributed by atoms with Crippen molar-refractivity contribution in [2.24, 2.45) is 0 Å². The maximum atomic E-state index is 9.71. The molecule has 0 saturated carbocycles. The number of aliphatic carboxylic acids is 1. The van der Waals surface area contributed by atoms with Gasteiger partial charge in [0, 0.05) is 5.88 Å². The first-order chi connectivity index (χ1) is 3.18. The monoisotopic (exact) mass is 260 g/mol. The van der Waals surface area contributed by atoms with Gasteiger partial charge in [0.1, 0.15) is 5.38 Å². The Bertz CT molecular complexity index is 77.7. The molecule has 1 N–H and O–H groups in total. The Labute approximate surface area is 75.9 Å². The molecule has 0 radical (unpaired) electrons. The molecule has 0 rings (SSSR count). The third-order valence-electron chi connectivity index (χ3n) is 0.403. The number of halogens is 2. The van der Waals surface area contributed by atoms with E-state index in [1.807, 2.05) is 0 Å². The molecule has 0 aromatic heterocycles. The third kappa shape index (κ3) is 5.06. The van der Waals surface area contributed by atoms with Gasteiger partial charge in [0.2, 0.25) is 0 Å². The van der Waals surface area contributed by atoms with Crippen LogP contribution >= 0.6 is 23.2 Å². The van der Waals surface area contributed by atoms with Gasteiger partial charge in [-0.2, -0.15) is 0 Å². The van der Waals surface area contributed by atoms with Gasteiger partial charge >= 0.3 is 31.8 Å². The van der Waals surface area contributed by atoms with Crippen molar-refractivity contribution in [1.82, 2.24) is 0 Å². The standard InChI is InChI=1S/C3H4Cl2O2.In.3H/c4-1-2(5)3(6)7;;;;/h2H,1H2,(H,6,7);;;;. The SMILES string of the molecule is O=C(O)C(Cl)CCl.[InH3]. The zero-order valence-electron chi connectivity index (χ0n) is 3.40. The summed E-state index contributed by atoms with van der Waals surface area (Å²) in [5.74, 6) is -1.12. The summed E-state index contributed by atoms with van der Waals surface area (Å²) in [6.07, 6.45) is 0. The Morgan fingerprint density at radius 1 is 1.75 bits per heavy atom. The molecule has 1 unspecified atom stereocenters. The Morgan fingerprint density at radius 3 is 2.12 bits per heavy atom. The van der Waals surface area contributed by atoms with Crippen LogP contribution in [0, 0.1) is 0 Å². The summed E-state index contributed by atoms with van der Waals surface area (Å²) in [6.45, 7) is 0. The van der Waals surface area contributed by atoms with E-state index in [1.54, 1.807) is 0 Å². The molecule has 0 aromatic rings. The van der Waals surface area contributed by atoms with E-state index in [2.05, 4.69) is 0 Å². The van der Waals surface area contributed by atoms with Crippen LogP contribution in [0.4, 0.5) is 0 Å². The van der Waals surface area contributed by atoms with Gasteiger partial charge in [-0.1, -0.05) is 0 Å². The number of hydrogen-bond acceptors (Lipinski definition) is 1. The molecule has 2 nitrogen and oxygen atoms in total. The second-order valence-corrected chi connectivity index (χ2v) is 1.80. The van der Waals surface area contributed by atoms with Crippen LogP contribution in [0.3, 0.4) is 0 Å². The fourth-order valence-corrected chi connectivity index (χ4v) is 0.198. The van der Waals surface area contributed by atoms with E-state index in [1.165, 1.54) is 0 Å². The molecule has 0 amide bonds. The van der Waals surface area contributed by atoms with Crippen LogP contribution in [0.1, 0.15) is 0 Å². The molecule has 5 heteroatoms. The minimum absolute atomic E-state index is 0. The van der Waals surface area contributed by atoms with Crippen LogP contribution in [0.15, 0.2) is 0 Å². The number of carbonyl (C=O) groups is 1. The van der Waals surface area contributed by atoms with Crippen LogP contribution in [-0.2, 0) is 4.79 Å². The Hall–Kier alpha value is 0.920. The Balaban J connectivity index is 0. The molecule has 0 saturated heterocycles. The molecule has 0 aliphatic heterocycles. The second kappa shape index (κ2) is 6.05. The van der Waals surface area contributed by atoms with Crippen molar-refractivity contribution < 1.29 is 9.90 Å². The van der Waals surface area contributed by atoms with Gasteiger partial charge in [0.15, 0.2) is 0 Å². The van der Waals surface area contributed by atoms with Gasteiger partial charge in [-0.3, -0.25) is 4.79 Å². The van der Waals surface area contributed by atoms with E-state index in [4.69, 9.17) is 28.3 Å². The molecule has 0 fully saturated rings. The van der Waals surface area contributed by atoms with Crippen LogP contribution in [0.2, 0.25) is 0 Å². The van der Waals surface area contributed by atoms with Crippen molar-refractivity contribution >= 4 is 55.0 Å². The van der Waals surface area contributed by atoms with Gasteiger partial charge in [-0.05, 0) is 0 Å². The molecule has 0 bridgehead atoms. The zero-order valence-corrected chi connectivity index (χ0v) is 4.91. The number of rotatable bonds is 2. The first kappa shape index (κ1) is 11.7. The molecule has 48 valence electrons. The first-order valence-corrected chi connectivity index (χ1v) is 2.58. The zero-order chi connectivity index (χ0) is 5.86. The summed E-state index contributed by atoms with van der Waals surface area (Å²) >= 11 is 10.1. The van der Waals surface area contributed by atoms with Gasteiger partial charge in [0.05, 0.1) is 0 Å². The van der Waals surface area contributed by atoms with Gasteiger partial charge < -0.3 is 5.11 Å². The fourth-order valence-electron chi connectivity index (χ4n) is 0.0660. The fraction of sp³-hybridized carbons (Fsp3) is 0.667. The third-order valence-corrected chi connectivity index (χ3v) is 1.21. The molecule has 0 aliphatic rings. The van der Waals surface area contributed by atoms with E-state index in [9.17, 15) is 4.79 Å². The Kier molecular flexibility index (Phi) is 8.83. The topological polar surface area (TPSA) is 37.3 Å². The van der Waals surface area contributed by atoms with E-state index in [0.717, 1.165) is 0 Å². The van der Waals surface area contributed by atoms with Crippen molar-refractivity contribution in [3.63, 3.8) is 0 Å². The first-order valence-electron chi connectivity index (χ1n) is 1.61. The van der Waals surface area contributed by atoms with Crippen LogP contribution < -0.4 is 0 Å². The number of alkyl halides is 2. The molecular weight excluding hydrogens is 254 g/mol. The average Bonchev–Trinajstić information content (AvgIpc) is 1.65. The van der Waals surface area contributed by atoms with Crippen molar-refractivity contribution in [1.29, 1.82) is 0 Å². The molecular formula is C3H7Cl2InO2. The van der Waals surface area contributed by atoms with Crippen LogP contribution in [-0.4, -0.2) is 48.2 Å². The second-order valence-electron chi connectivity index (χ2n) is 0.960. The summed E-state index contributed by atoms with van der Waals surface area (Å²) in [5.41, 5.74) is 0. The number of carboxylic acids is 1. The van der Waals surface area contributed by atoms with E-state index >= 15 is 0 Å². The number of hydrogen-bond donors (Lipinski definition) is 1. The summed E-state index contributed by atoms with van der Waals surface area (Å²) in [4.78, 5) is 9.71. The van der Waals surface area contributed by atoms with E-state index in [-0.39, 0.29) is 31.7 Å². The predicted molar refractivity (Wildman–Crippen MR) is 37.9 cm³/mol. The van der Waals surface area contributed by atoms with Crippen molar-refractivity contribution in [2.45, 2.75) is 5.38 Å². The van der Waals surface area contributed by atoms with Gasteiger partial charge in [-0.15, -0.1) is 23.2 Å². The van der Waals surface area contributed by atoms with Crippen molar-refractivity contribution in [3.05, 3.63) is 0 Å². The molecule has 0 spiro atoms. The van der Waals surface area contributed by atoms with Gasteiger partial charge in [0.25, 0.3) is 0 Å².